The van der Waals surface area contributed by atoms with Crippen molar-refractivity contribution in [3.8, 4) is 5.75 Å². The Morgan fingerprint density at radius 1 is 0.971 bits per heavy atom. The summed E-state index contributed by atoms with van der Waals surface area (Å²) in [5.74, 6) is -0.191. The van der Waals surface area contributed by atoms with Crippen LogP contribution in [-0.4, -0.2) is 25.9 Å². The molecule has 0 radical (unpaired) electrons. The molecule has 35 heavy (non-hydrogen) atoms. The van der Waals surface area contributed by atoms with Crippen LogP contribution in [-0.2, 0) is 25.7 Å². The van der Waals surface area contributed by atoms with Crippen LogP contribution < -0.4 is 4.74 Å². The number of halogens is 1. The van der Waals surface area contributed by atoms with E-state index in [1.165, 1.54) is 26.6 Å². The number of methoxy groups -OCH3 is 2. The molecule has 0 aliphatic heterocycles. The topological polar surface area (TPSA) is 66.4 Å². The summed E-state index contributed by atoms with van der Waals surface area (Å²) in [5, 5.41) is 4.17. The molecule has 0 aliphatic rings. The number of carbonyl (C=O) groups is 1. The van der Waals surface area contributed by atoms with Crippen molar-refractivity contribution < 1.29 is 28.2 Å². The van der Waals surface area contributed by atoms with Gasteiger partial charge in [0, 0.05) is 17.2 Å². The van der Waals surface area contributed by atoms with Gasteiger partial charge in [-0.1, -0.05) is 71.9 Å². The summed E-state index contributed by atoms with van der Waals surface area (Å²) in [6, 6.07) is 22.5. The predicted octanol–water partition coefficient (Wildman–Crippen LogP) is 6.13. The van der Waals surface area contributed by atoms with Crippen LogP contribution in [0.4, 0.5) is 4.39 Å². The Morgan fingerprint density at radius 2 is 1.71 bits per heavy atom. The van der Waals surface area contributed by atoms with Gasteiger partial charge in [0.15, 0.2) is 0 Å². The van der Waals surface area contributed by atoms with Crippen molar-refractivity contribution in [2.45, 2.75) is 13.5 Å². The van der Waals surface area contributed by atoms with Crippen LogP contribution in [0.1, 0.15) is 29.2 Å². The molecule has 0 heterocycles. The van der Waals surface area contributed by atoms with E-state index in [0.29, 0.717) is 28.2 Å². The molecule has 180 valence electrons. The molecule has 0 amide bonds. The fourth-order valence-corrected chi connectivity index (χ4v) is 3.22. The highest BCUT2D eigenvalue weighted by atomic mass is 19.1. The third-order valence-corrected chi connectivity index (χ3v) is 4.92. The lowest BCUT2D eigenvalue weighted by molar-refractivity contribution is -0.133. The molecule has 6 nitrogen and oxygen atoms in total. The summed E-state index contributed by atoms with van der Waals surface area (Å²) >= 11 is 0. The van der Waals surface area contributed by atoms with E-state index in [0.717, 1.165) is 5.56 Å². The largest absolute Gasteiger partial charge is 0.503 e. The fraction of sp³-hybridized carbons (Fsp3) is 0.143. The molecule has 0 unspecified atom stereocenters. The van der Waals surface area contributed by atoms with E-state index >= 15 is 0 Å². The number of rotatable bonds is 10. The minimum Gasteiger partial charge on any atom is -0.503 e. The zero-order valence-corrected chi connectivity index (χ0v) is 19.7. The zero-order valence-electron chi connectivity index (χ0n) is 19.7. The second-order valence-corrected chi connectivity index (χ2v) is 7.36. The van der Waals surface area contributed by atoms with Gasteiger partial charge in [-0.05, 0) is 30.2 Å². The molecule has 0 aliphatic carbocycles. The molecule has 0 saturated carbocycles. The Balaban J connectivity index is 1.70. The summed E-state index contributed by atoms with van der Waals surface area (Å²) in [6.07, 6.45) is 2.64. The van der Waals surface area contributed by atoms with Gasteiger partial charge in [-0.15, -0.1) is 0 Å². The quantitative estimate of drug-likeness (QED) is 0.116. The third-order valence-electron chi connectivity index (χ3n) is 4.92. The lowest BCUT2D eigenvalue weighted by Gasteiger charge is -2.11. The maximum absolute atomic E-state index is 14.3. The number of hydrogen-bond acceptors (Lipinski definition) is 6. The molecule has 3 rings (SSSR count). The Kier molecular flexibility index (Phi) is 9.19. The van der Waals surface area contributed by atoms with Crippen molar-refractivity contribution in [2.24, 2.45) is 5.16 Å². The van der Waals surface area contributed by atoms with Gasteiger partial charge in [-0.2, -0.15) is 4.39 Å². The molecule has 3 aromatic rings. The van der Waals surface area contributed by atoms with Crippen LogP contribution in [0, 0.1) is 0 Å². The molecule has 0 fully saturated rings. The highest BCUT2D eigenvalue weighted by molar-refractivity contribution is 6.16. The van der Waals surface area contributed by atoms with E-state index in [1.807, 2.05) is 36.4 Å². The summed E-state index contributed by atoms with van der Waals surface area (Å²) in [7, 11) is 2.76. The average Bonchev–Trinajstić information content (AvgIpc) is 2.88. The second kappa shape index (κ2) is 12.7. The van der Waals surface area contributed by atoms with Crippen LogP contribution in [0.5, 0.6) is 5.75 Å². The first-order chi connectivity index (χ1) is 17.0. The summed E-state index contributed by atoms with van der Waals surface area (Å²) in [5.41, 5.74) is 3.58. The first kappa shape index (κ1) is 25.2. The molecule has 0 bridgehead atoms. The SMILES string of the molecule is CO/C=C(/C(=O)OC)c1ccccc1CO/N=C(\C)c1cccc(O/C(F)=C/c2ccccc2)c1. The Bertz CT molecular complexity index is 1230. The van der Waals surface area contributed by atoms with Gasteiger partial charge >= 0.3 is 5.97 Å². The van der Waals surface area contributed by atoms with Crippen LogP contribution in [0.15, 0.2) is 96.3 Å². The van der Waals surface area contributed by atoms with E-state index in [2.05, 4.69) is 5.16 Å². The predicted molar refractivity (Wildman–Crippen MR) is 133 cm³/mol. The van der Waals surface area contributed by atoms with E-state index in [-0.39, 0.29) is 12.2 Å². The number of carbonyl (C=O) groups excluding carboxylic acids is 1. The lowest BCUT2D eigenvalue weighted by Crippen LogP contribution is -2.07. The third kappa shape index (κ3) is 7.30. The van der Waals surface area contributed by atoms with Gasteiger partial charge in [-0.3, -0.25) is 0 Å². The van der Waals surface area contributed by atoms with Gasteiger partial charge in [0.1, 0.15) is 17.9 Å². The fourth-order valence-electron chi connectivity index (χ4n) is 3.22. The number of benzene rings is 3. The van der Waals surface area contributed by atoms with E-state index in [4.69, 9.17) is 19.0 Å². The Labute approximate surface area is 203 Å². The van der Waals surface area contributed by atoms with Gasteiger partial charge in [0.2, 0.25) is 0 Å². The second-order valence-electron chi connectivity index (χ2n) is 7.36. The van der Waals surface area contributed by atoms with Crippen molar-refractivity contribution in [2.75, 3.05) is 14.2 Å². The molecule has 0 atom stereocenters. The normalized spacial score (nSPS) is 12.2. The van der Waals surface area contributed by atoms with Crippen molar-refractivity contribution in [1.29, 1.82) is 0 Å². The molecule has 3 aromatic carbocycles. The van der Waals surface area contributed by atoms with Crippen LogP contribution in [0.25, 0.3) is 11.6 Å². The van der Waals surface area contributed by atoms with Crippen molar-refractivity contribution in [1.82, 2.24) is 0 Å². The highest BCUT2D eigenvalue weighted by Crippen LogP contribution is 2.22. The monoisotopic (exact) mass is 475 g/mol. The lowest BCUT2D eigenvalue weighted by atomic mass is 10.0. The highest BCUT2D eigenvalue weighted by Gasteiger charge is 2.17. The van der Waals surface area contributed by atoms with Crippen LogP contribution in [0.3, 0.4) is 0 Å². The molecular weight excluding hydrogens is 449 g/mol. The first-order valence-electron chi connectivity index (χ1n) is 10.8. The number of ether oxygens (including phenoxy) is 3. The summed E-state index contributed by atoms with van der Waals surface area (Å²) < 4.78 is 29.5. The maximum atomic E-state index is 14.3. The van der Waals surface area contributed by atoms with Gasteiger partial charge in [-0.25, -0.2) is 4.79 Å². The van der Waals surface area contributed by atoms with E-state index < -0.39 is 12.0 Å². The smallest absolute Gasteiger partial charge is 0.341 e. The zero-order chi connectivity index (χ0) is 25.0. The molecule has 0 N–H and O–H groups in total. The molecule has 0 spiro atoms. The average molecular weight is 476 g/mol. The summed E-state index contributed by atoms with van der Waals surface area (Å²) in [6.45, 7) is 1.88. The van der Waals surface area contributed by atoms with Crippen LogP contribution >= 0.6 is 0 Å². The van der Waals surface area contributed by atoms with E-state index in [9.17, 15) is 9.18 Å². The standard InChI is InChI=1S/C28H26FNO5/c1-20(22-13-9-14-24(17-22)35-27(29)16-21-10-5-4-6-11-21)30-34-18-23-12-7-8-15-25(23)26(19-32-2)28(31)33-3/h4-17,19H,18H2,1-3H3/b26-19+,27-16+,30-20+. The number of nitrogens with zero attached hydrogens (tertiary/aromatic N) is 1. The van der Waals surface area contributed by atoms with Gasteiger partial charge < -0.3 is 19.0 Å². The Hall–Kier alpha value is -4.39. The van der Waals surface area contributed by atoms with E-state index in [1.54, 1.807) is 49.4 Å². The maximum Gasteiger partial charge on any atom is 0.341 e. The summed E-state index contributed by atoms with van der Waals surface area (Å²) in [4.78, 5) is 17.7. The minimum atomic E-state index is -0.721. The molecular formula is C28H26FNO5. The van der Waals surface area contributed by atoms with Crippen molar-refractivity contribution in [3.05, 3.63) is 113 Å². The van der Waals surface area contributed by atoms with Crippen molar-refractivity contribution >= 4 is 23.3 Å². The number of hydrogen-bond donors (Lipinski definition) is 0. The van der Waals surface area contributed by atoms with Gasteiger partial charge in [0.25, 0.3) is 6.01 Å². The van der Waals surface area contributed by atoms with Gasteiger partial charge in [0.05, 0.1) is 26.2 Å². The molecule has 7 heteroatoms. The Morgan fingerprint density at radius 3 is 2.46 bits per heavy atom. The molecule has 0 aromatic heterocycles. The van der Waals surface area contributed by atoms with Crippen LogP contribution in [0.2, 0.25) is 0 Å². The number of esters is 1. The molecule has 0 saturated heterocycles. The minimum absolute atomic E-state index is 0.107. The van der Waals surface area contributed by atoms with Crippen molar-refractivity contribution in [3.63, 3.8) is 0 Å². The first-order valence-corrected chi connectivity index (χ1v) is 10.8. The number of oxime groups is 1.